The Morgan fingerprint density at radius 1 is 1.00 bits per heavy atom. The minimum atomic E-state index is -0.490. The molecule has 26 heavy (non-hydrogen) atoms. The minimum Gasteiger partial charge on any atom is -0.324 e. The number of anilines is 2. The fourth-order valence-electron chi connectivity index (χ4n) is 2.47. The van der Waals surface area contributed by atoms with Crippen LogP contribution >= 0.6 is 11.6 Å². The van der Waals surface area contributed by atoms with Crippen molar-refractivity contribution < 1.29 is 4.92 Å². The molecule has 1 aromatic heterocycles. The second-order valence-electron chi connectivity index (χ2n) is 5.45. The Hall–Kier alpha value is -3.25. The summed E-state index contributed by atoms with van der Waals surface area (Å²) in [6.07, 6.45) is 3.32. The van der Waals surface area contributed by atoms with E-state index in [1.54, 1.807) is 24.1 Å². The van der Waals surface area contributed by atoms with E-state index in [1.165, 1.54) is 0 Å². The Balaban J connectivity index is 2.09. The molecule has 0 aliphatic carbocycles. The van der Waals surface area contributed by atoms with Gasteiger partial charge in [0, 0.05) is 12.7 Å². The molecule has 0 fully saturated rings. The average Bonchev–Trinajstić information content (AvgIpc) is 2.66. The number of halogens is 1. The van der Waals surface area contributed by atoms with Crippen molar-refractivity contribution in [3.05, 3.63) is 87.3 Å². The topological polar surface area (TPSA) is 72.2 Å². The van der Waals surface area contributed by atoms with Gasteiger partial charge in [0.2, 0.25) is 11.1 Å². The van der Waals surface area contributed by atoms with Crippen LogP contribution in [0.15, 0.2) is 60.7 Å². The van der Waals surface area contributed by atoms with Gasteiger partial charge in [0.05, 0.1) is 4.92 Å². The first-order valence-corrected chi connectivity index (χ1v) is 8.18. The second-order valence-corrected chi connectivity index (χ2v) is 5.78. The molecular formula is C19H15ClN4O2. The van der Waals surface area contributed by atoms with E-state index < -0.39 is 4.92 Å². The third kappa shape index (κ3) is 3.87. The van der Waals surface area contributed by atoms with Crippen LogP contribution in [0, 0.1) is 10.1 Å². The van der Waals surface area contributed by atoms with Gasteiger partial charge in [-0.15, -0.1) is 0 Å². The summed E-state index contributed by atoms with van der Waals surface area (Å²) >= 11 is 6.03. The standard InChI is InChI=1S/C19H15ClN4O2/c1-23(15-10-6-3-7-11-15)18-17(24(25)26)16(21-19(20)22-18)13-12-14-8-4-2-5-9-14/h2-13H,1H3/b13-12+. The number of benzene rings is 2. The number of hydrogen-bond donors (Lipinski definition) is 0. The molecule has 0 bridgehead atoms. The van der Waals surface area contributed by atoms with Crippen LogP contribution in [0.3, 0.4) is 0 Å². The monoisotopic (exact) mass is 366 g/mol. The van der Waals surface area contributed by atoms with Crippen molar-refractivity contribution in [2.45, 2.75) is 0 Å². The van der Waals surface area contributed by atoms with Gasteiger partial charge in [-0.3, -0.25) is 10.1 Å². The summed E-state index contributed by atoms with van der Waals surface area (Å²) in [5.74, 6) is 0.133. The third-order valence-electron chi connectivity index (χ3n) is 3.74. The van der Waals surface area contributed by atoms with Crippen LogP contribution in [-0.4, -0.2) is 21.9 Å². The lowest BCUT2D eigenvalue weighted by atomic mass is 10.2. The smallest absolute Gasteiger partial charge is 0.324 e. The van der Waals surface area contributed by atoms with Crippen molar-refractivity contribution in [2.24, 2.45) is 0 Å². The lowest BCUT2D eigenvalue weighted by Crippen LogP contribution is -2.15. The fourth-order valence-corrected chi connectivity index (χ4v) is 2.64. The van der Waals surface area contributed by atoms with Crippen molar-refractivity contribution >= 4 is 40.9 Å². The van der Waals surface area contributed by atoms with Crippen LogP contribution in [0.4, 0.5) is 17.2 Å². The van der Waals surface area contributed by atoms with Gasteiger partial charge < -0.3 is 4.90 Å². The zero-order valence-electron chi connectivity index (χ0n) is 13.9. The maximum Gasteiger partial charge on any atom is 0.337 e. The molecule has 3 aromatic rings. The van der Waals surface area contributed by atoms with Crippen LogP contribution in [-0.2, 0) is 0 Å². The summed E-state index contributed by atoms with van der Waals surface area (Å²) in [4.78, 5) is 21.0. The van der Waals surface area contributed by atoms with Gasteiger partial charge >= 0.3 is 5.69 Å². The second kappa shape index (κ2) is 7.76. The van der Waals surface area contributed by atoms with E-state index in [9.17, 15) is 10.1 Å². The number of hydrogen-bond acceptors (Lipinski definition) is 5. The molecular weight excluding hydrogens is 352 g/mol. The summed E-state index contributed by atoms with van der Waals surface area (Å²) in [6.45, 7) is 0. The van der Waals surface area contributed by atoms with Gasteiger partial charge in [-0.2, -0.15) is 4.98 Å². The van der Waals surface area contributed by atoms with E-state index in [0.29, 0.717) is 0 Å². The molecule has 3 rings (SSSR count). The van der Waals surface area contributed by atoms with Crippen LogP contribution in [0.1, 0.15) is 11.3 Å². The highest BCUT2D eigenvalue weighted by molar-refractivity contribution is 6.28. The predicted molar refractivity (Wildman–Crippen MR) is 104 cm³/mol. The van der Waals surface area contributed by atoms with E-state index in [0.717, 1.165) is 11.3 Å². The van der Waals surface area contributed by atoms with E-state index >= 15 is 0 Å². The molecule has 0 N–H and O–H groups in total. The maximum atomic E-state index is 11.7. The quantitative estimate of drug-likeness (QED) is 0.362. The molecule has 0 atom stereocenters. The Kier molecular flexibility index (Phi) is 5.24. The van der Waals surface area contributed by atoms with Gasteiger partial charge in [-0.05, 0) is 35.4 Å². The van der Waals surface area contributed by atoms with E-state index in [1.807, 2.05) is 60.7 Å². The summed E-state index contributed by atoms with van der Waals surface area (Å²) in [5.41, 5.74) is 1.60. The Labute approximate surface area is 155 Å². The largest absolute Gasteiger partial charge is 0.337 e. The van der Waals surface area contributed by atoms with Crippen LogP contribution in [0.25, 0.3) is 12.2 Å². The molecule has 0 saturated heterocycles. The van der Waals surface area contributed by atoms with Gasteiger partial charge in [0.25, 0.3) is 0 Å². The normalized spacial score (nSPS) is 10.8. The number of para-hydroxylation sites is 1. The van der Waals surface area contributed by atoms with Crippen LogP contribution in [0.5, 0.6) is 0 Å². The summed E-state index contributed by atoms with van der Waals surface area (Å²) in [6, 6.07) is 18.7. The van der Waals surface area contributed by atoms with Crippen LogP contribution in [0.2, 0.25) is 5.28 Å². The molecule has 0 aliphatic rings. The molecule has 130 valence electrons. The fraction of sp³-hybridized carbons (Fsp3) is 0.0526. The average molecular weight is 367 g/mol. The van der Waals surface area contributed by atoms with Gasteiger partial charge in [-0.25, -0.2) is 4.98 Å². The highest BCUT2D eigenvalue weighted by Gasteiger charge is 2.26. The Bertz CT molecular complexity index is 947. The molecule has 0 amide bonds. The first kappa shape index (κ1) is 17.6. The highest BCUT2D eigenvalue weighted by atomic mass is 35.5. The molecule has 0 aliphatic heterocycles. The Morgan fingerprint density at radius 2 is 1.62 bits per heavy atom. The summed E-state index contributed by atoms with van der Waals surface area (Å²) in [5, 5.41) is 11.7. The number of aromatic nitrogens is 2. The molecule has 6 nitrogen and oxygen atoms in total. The summed E-state index contributed by atoms with van der Waals surface area (Å²) in [7, 11) is 1.70. The van der Waals surface area contributed by atoms with E-state index in [2.05, 4.69) is 9.97 Å². The van der Waals surface area contributed by atoms with Crippen molar-refractivity contribution in [2.75, 3.05) is 11.9 Å². The molecule has 2 aromatic carbocycles. The summed E-state index contributed by atoms with van der Waals surface area (Å²) < 4.78 is 0. The van der Waals surface area contributed by atoms with Gasteiger partial charge in [-0.1, -0.05) is 54.6 Å². The van der Waals surface area contributed by atoms with E-state index in [4.69, 9.17) is 11.6 Å². The molecule has 0 unspecified atom stereocenters. The SMILES string of the molecule is CN(c1ccccc1)c1nc(Cl)nc(/C=C/c2ccccc2)c1[N+](=O)[O-]. The first-order chi connectivity index (χ1) is 12.6. The van der Waals surface area contributed by atoms with E-state index in [-0.39, 0.29) is 22.5 Å². The first-order valence-electron chi connectivity index (χ1n) is 7.80. The Morgan fingerprint density at radius 3 is 2.23 bits per heavy atom. The number of nitro groups is 1. The molecule has 0 saturated carbocycles. The lowest BCUT2D eigenvalue weighted by Gasteiger charge is -2.18. The van der Waals surface area contributed by atoms with Crippen molar-refractivity contribution in [3.63, 3.8) is 0 Å². The minimum absolute atomic E-state index is 0.0545. The van der Waals surface area contributed by atoms with Crippen LogP contribution < -0.4 is 4.90 Å². The zero-order chi connectivity index (χ0) is 18.5. The maximum absolute atomic E-state index is 11.7. The molecule has 7 heteroatoms. The third-order valence-corrected chi connectivity index (χ3v) is 3.91. The van der Waals surface area contributed by atoms with Crippen molar-refractivity contribution in [3.8, 4) is 0 Å². The molecule has 0 radical (unpaired) electrons. The predicted octanol–water partition coefficient (Wildman–Crippen LogP) is 4.98. The van der Waals surface area contributed by atoms with Crippen molar-refractivity contribution in [1.29, 1.82) is 0 Å². The molecule has 1 heterocycles. The molecule has 0 spiro atoms. The number of nitrogens with zero attached hydrogens (tertiary/aromatic N) is 4. The zero-order valence-corrected chi connectivity index (χ0v) is 14.7. The van der Waals surface area contributed by atoms with Crippen molar-refractivity contribution in [1.82, 2.24) is 9.97 Å². The lowest BCUT2D eigenvalue weighted by molar-refractivity contribution is -0.384. The number of rotatable bonds is 5. The van der Waals surface area contributed by atoms with Gasteiger partial charge in [0.15, 0.2) is 0 Å². The highest BCUT2D eigenvalue weighted by Crippen LogP contribution is 2.34. The van der Waals surface area contributed by atoms with Gasteiger partial charge in [0.1, 0.15) is 5.69 Å².